The zero-order valence-corrected chi connectivity index (χ0v) is 12.0. The summed E-state index contributed by atoms with van der Waals surface area (Å²) >= 11 is 0. The van der Waals surface area contributed by atoms with E-state index in [1.165, 1.54) is 24.0 Å². The summed E-state index contributed by atoms with van der Waals surface area (Å²) < 4.78 is 0. The molecule has 0 aliphatic carbocycles. The zero-order chi connectivity index (χ0) is 13.4. The Morgan fingerprint density at radius 2 is 2.17 bits per heavy atom. The number of guanidine groups is 1. The number of aryl methyl sites for hydroxylation is 1. The fourth-order valence-corrected chi connectivity index (χ4v) is 1.89. The Kier molecular flexibility index (Phi) is 6.26. The van der Waals surface area contributed by atoms with Gasteiger partial charge in [0.15, 0.2) is 5.96 Å². The monoisotopic (exact) mass is 247 g/mol. The van der Waals surface area contributed by atoms with Gasteiger partial charge in [-0.2, -0.15) is 0 Å². The number of unbranched alkanes of at least 4 members (excludes halogenated alkanes) is 1. The molecule has 0 bridgehead atoms. The van der Waals surface area contributed by atoms with Crippen molar-refractivity contribution in [1.82, 2.24) is 10.2 Å². The molecule has 3 heteroatoms. The number of hydrogen-bond donors (Lipinski definition) is 1. The van der Waals surface area contributed by atoms with Gasteiger partial charge in [0.05, 0.1) is 0 Å². The normalized spacial score (nSPS) is 11.4. The number of nitrogens with zero attached hydrogens (tertiary/aromatic N) is 2. The van der Waals surface area contributed by atoms with E-state index in [1.807, 2.05) is 7.05 Å². The lowest BCUT2D eigenvalue weighted by atomic mass is 10.1. The second-order valence-corrected chi connectivity index (χ2v) is 4.66. The van der Waals surface area contributed by atoms with Crippen molar-refractivity contribution in [2.75, 3.05) is 20.6 Å². The topological polar surface area (TPSA) is 27.6 Å². The van der Waals surface area contributed by atoms with Crippen LogP contribution in [-0.4, -0.2) is 31.5 Å². The Bertz CT molecular complexity index is 385. The van der Waals surface area contributed by atoms with Gasteiger partial charge in [0.2, 0.25) is 0 Å². The van der Waals surface area contributed by atoms with Crippen molar-refractivity contribution in [2.24, 2.45) is 4.99 Å². The van der Waals surface area contributed by atoms with Crippen LogP contribution in [0.25, 0.3) is 0 Å². The van der Waals surface area contributed by atoms with Crippen molar-refractivity contribution in [3.63, 3.8) is 0 Å². The molecule has 1 N–H and O–H groups in total. The van der Waals surface area contributed by atoms with Crippen LogP contribution < -0.4 is 5.32 Å². The van der Waals surface area contributed by atoms with E-state index in [9.17, 15) is 0 Å². The van der Waals surface area contributed by atoms with Gasteiger partial charge >= 0.3 is 0 Å². The third-order valence-electron chi connectivity index (χ3n) is 2.95. The van der Waals surface area contributed by atoms with Crippen molar-refractivity contribution in [3.8, 4) is 0 Å². The van der Waals surface area contributed by atoms with E-state index in [4.69, 9.17) is 0 Å². The highest BCUT2D eigenvalue weighted by Crippen LogP contribution is 2.03. The second-order valence-electron chi connectivity index (χ2n) is 4.66. The summed E-state index contributed by atoms with van der Waals surface area (Å²) in [6.07, 6.45) is 2.40. The molecule has 0 spiro atoms. The van der Waals surface area contributed by atoms with E-state index in [0.717, 1.165) is 19.0 Å². The SMILES string of the molecule is CCCCN(C)C(=NC)NCc1cccc(C)c1. The van der Waals surface area contributed by atoms with Crippen molar-refractivity contribution >= 4 is 5.96 Å². The first-order valence-electron chi connectivity index (χ1n) is 6.64. The lowest BCUT2D eigenvalue weighted by Gasteiger charge is -2.21. The first-order chi connectivity index (χ1) is 8.67. The van der Waals surface area contributed by atoms with Crippen molar-refractivity contribution in [2.45, 2.75) is 33.2 Å². The van der Waals surface area contributed by atoms with Gasteiger partial charge in [0.25, 0.3) is 0 Å². The summed E-state index contributed by atoms with van der Waals surface area (Å²) in [6, 6.07) is 8.55. The van der Waals surface area contributed by atoms with E-state index in [-0.39, 0.29) is 0 Å². The average molecular weight is 247 g/mol. The first kappa shape index (κ1) is 14.6. The zero-order valence-electron chi connectivity index (χ0n) is 12.0. The molecule has 18 heavy (non-hydrogen) atoms. The van der Waals surface area contributed by atoms with E-state index in [2.05, 4.69) is 60.4 Å². The van der Waals surface area contributed by atoms with Gasteiger partial charge in [-0.05, 0) is 18.9 Å². The number of aliphatic imine (C=N–C) groups is 1. The molecule has 0 radical (unpaired) electrons. The summed E-state index contributed by atoms with van der Waals surface area (Å²) in [7, 11) is 3.92. The van der Waals surface area contributed by atoms with Gasteiger partial charge in [0, 0.05) is 27.2 Å². The maximum atomic E-state index is 4.31. The quantitative estimate of drug-likeness (QED) is 0.640. The summed E-state index contributed by atoms with van der Waals surface area (Å²) in [5.41, 5.74) is 2.59. The molecular weight excluding hydrogens is 222 g/mol. The Morgan fingerprint density at radius 3 is 2.78 bits per heavy atom. The van der Waals surface area contributed by atoms with E-state index >= 15 is 0 Å². The van der Waals surface area contributed by atoms with Crippen LogP contribution in [0.5, 0.6) is 0 Å². The Balaban J connectivity index is 2.49. The van der Waals surface area contributed by atoms with Crippen LogP contribution in [0, 0.1) is 6.92 Å². The fraction of sp³-hybridized carbons (Fsp3) is 0.533. The highest BCUT2D eigenvalue weighted by Gasteiger charge is 2.04. The molecule has 0 amide bonds. The molecular formula is C15H25N3. The lowest BCUT2D eigenvalue weighted by molar-refractivity contribution is 0.464. The van der Waals surface area contributed by atoms with Gasteiger partial charge < -0.3 is 10.2 Å². The molecule has 0 aromatic heterocycles. The fourth-order valence-electron chi connectivity index (χ4n) is 1.89. The second kappa shape index (κ2) is 7.75. The minimum absolute atomic E-state index is 0.824. The highest BCUT2D eigenvalue weighted by atomic mass is 15.3. The number of rotatable bonds is 5. The van der Waals surface area contributed by atoms with Crippen LogP contribution in [0.3, 0.4) is 0 Å². The number of benzene rings is 1. The molecule has 100 valence electrons. The Morgan fingerprint density at radius 1 is 1.39 bits per heavy atom. The van der Waals surface area contributed by atoms with Crippen LogP contribution in [0.1, 0.15) is 30.9 Å². The molecule has 1 rings (SSSR count). The van der Waals surface area contributed by atoms with Crippen LogP contribution in [-0.2, 0) is 6.54 Å². The van der Waals surface area contributed by atoms with Gasteiger partial charge in [-0.15, -0.1) is 0 Å². The van der Waals surface area contributed by atoms with E-state index < -0.39 is 0 Å². The Labute approximate surface area is 111 Å². The van der Waals surface area contributed by atoms with E-state index in [1.54, 1.807) is 0 Å². The lowest BCUT2D eigenvalue weighted by Crippen LogP contribution is -2.38. The molecule has 0 saturated carbocycles. The summed E-state index contributed by atoms with van der Waals surface area (Å²) in [4.78, 5) is 6.49. The first-order valence-corrected chi connectivity index (χ1v) is 6.64. The minimum atomic E-state index is 0.824. The smallest absolute Gasteiger partial charge is 0.193 e. The summed E-state index contributed by atoms with van der Waals surface area (Å²) in [5.74, 6) is 0.963. The van der Waals surface area contributed by atoms with Crippen LogP contribution >= 0.6 is 0 Å². The highest BCUT2D eigenvalue weighted by molar-refractivity contribution is 5.79. The molecule has 0 saturated heterocycles. The number of nitrogens with one attached hydrogen (secondary N) is 1. The minimum Gasteiger partial charge on any atom is -0.352 e. The predicted octanol–water partition coefficient (Wildman–Crippen LogP) is 2.80. The van der Waals surface area contributed by atoms with Crippen molar-refractivity contribution in [3.05, 3.63) is 35.4 Å². The molecule has 0 heterocycles. The summed E-state index contributed by atoms with van der Waals surface area (Å²) in [5, 5.41) is 3.40. The van der Waals surface area contributed by atoms with E-state index in [0.29, 0.717) is 0 Å². The Hall–Kier alpha value is -1.51. The molecule has 3 nitrogen and oxygen atoms in total. The predicted molar refractivity (Wildman–Crippen MR) is 78.9 cm³/mol. The van der Waals surface area contributed by atoms with Gasteiger partial charge in [-0.25, -0.2) is 0 Å². The molecule has 0 atom stereocenters. The third-order valence-corrected chi connectivity index (χ3v) is 2.95. The standard InChI is InChI=1S/C15H25N3/c1-5-6-10-18(4)15(16-3)17-12-14-9-7-8-13(2)11-14/h7-9,11H,5-6,10,12H2,1-4H3,(H,16,17). The molecule has 0 aliphatic heterocycles. The van der Waals surface area contributed by atoms with Crippen LogP contribution in [0.4, 0.5) is 0 Å². The van der Waals surface area contributed by atoms with Gasteiger partial charge in [0.1, 0.15) is 0 Å². The van der Waals surface area contributed by atoms with Crippen LogP contribution in [0.15, 0.2) is 29.3 Å². The largest absolute Gasteiger partial charge is 0.352 e. The molecule has 0 unspecified atom stereocenters. The average Bonchev–Trinajstić information content (AvgIpc) is 2.37. The molecule has 1 aromatic carbocycles. The van der Waals surface area contributed by atoms with Crippen LogP contribution in [0.2, 0.25) is 0 Å². The summed E-state index contributed by atoms with van der Waals surface area (Å²) in [6.45, 7) is 6.19. The third kappa shape index (κ3) is 4.78. The maximum absolute atomic E-state index is 4.31. The molecule has 0 aliphatic rings. The maximum Gasteiger partial charge on any atom is 0.193 e. The molecule has 0 fully saturated rings. The van der Waals surface area contributed by atoms with Crippen molar-refractivity contribution in [1.29, 1.82) is 0 Å². The van der Waals surface area contributed by atoms with Gasteiger partial charge in [-0.1, -0.05) is 43.2 Å². The van der Waals surface area contributed by atoms with Gasteiger partial charge in [-0.3, -0.25) is 4.99 Å². The molecule has 1 aromatic rings. The van der Waals surface area contributed by atoms with Crippen molar-refractivity contribution < 1.29 is 0 Å². The number of hydrogen-bond acceptors (Lipinski definition) is 1.